The number of nitrogens with two attached hydrogens (primary N) is 1. The Morgan fingerprint density at radius 3 is 3.00 bits per heavy atom. The Bertz CT molecular complexity index is 443. The van der Waals surface area contributed by atoms with E-state index in [9.17, 15) is 0 Å². The molecular formula is C13H21N5. The zero-order valence-electron chi connectivity index (χ0n) is 11.1. The van der Waals surface area contributed by atoms with Crippen LogP contribution in [-0.4, -0.2) is 28.8 Å². The Labute approximate surface area is 108 Å². The molecular weight excluding hydrogens is 226 g/mol. The van der Waals surface area contributed by atoms with Crippen molar-refractivity contribution in [2.45, 2.75) is 33.1 Å². The molecule has 1 atom stereocenters. The molecule has 1 aliphatic rings. The van der Waals surface area contributed by atoms with Gasteiger partial charge < -0.3 is 16.0 Å². The summed E-state index contributed by atoms with van der Waals surface area (Å²) in [6, 6.07) is 0. The van der Waals surface area contributed by atoms with E-state index in [-0.39, 0.29) is 0 Å². The maximum Gasteiger partial charge on any atom is 0.143 e. The van der Waals surface area contributed by atoms with Gasteiger partial charge >= 0.3 is 0 Å². The van der Waals surface area contributed by atoms with E-state index >= 15 is 0 Å². The second-order valence-corrected chi connectivity index (χ2v) is 4.98. The Balaban J connectivity index is 2.37. The fourth-order valence-corrected chi connectivity index (χ4v) is 2.48. The molecule has 0 saturated carbocycles. The molecule has 0 aromatic carbocycles. The minimum atomic E-state index is 0.421. The van der Waals surface area contributed by atoms with Crippen LogP contribution < -0.4 is 10.6 Å². The first-order valence-electron chi connectivity index (χ1n) is 6.56. The van der Waals surface area contributed by atoms with Gasteiger partial charge in [-0.1, -0.05) is 13.8 Å². The molecule has 0 amide bonds. The molecule has 98 valence electrons. The van der Waals surface area contributed by atoms with Crippen LogP contribution in [0.3, 0.4) is 0 Å². The fraction of sp³-hybridized carbons (Fsp3) is 0.615. The summed E-state index contributed by atoms with van der Waals surface area (Å²) in [5.74, 6) is 1.92. The van der Waals surface area contributed by atoms with Crippen molar-refractivity contribution in [1.82, 2.24) is 9.97 Å². The third kappa shape index (κ3) is 2.44. The van der Waals surface area contributed by atoms with E-state index in [0.29, 0.717) is 29.4 Å². The Morgan fingerprint density at radius 1 is 1.56 bits per heavy atom. The number of aromatic nitrogens is 2. The molecule has 3 N–H and O–H groups in total. The van der Waals surface area contributed by atoms with Crippen molar-refractivity contribution in [2.75, 3.05) is 23.7 Å². The Morgan fingerprint density at radius 2 is 2.33 bits per heavy atom. The predicted molar refractivity (Wildman–Crippen MR) is 74.2 cm³/mol. The largest absolute Gasteiger partial charge is 0.383 e. The van der Waals surface area contributed by atoms with Crippen molar-refractivity contribution in [3.8, 4) is 0 Å². The van der Waals surface area contributed by atoms with Gasteiger partial charge in [0.1, 0.15) is 18.0 Å². The summed E-state index contributed by atoms with van der Waals surface area (Å²) in [5.41, 5.74) is 7.15. The molecule has 2 heterocycles. The average molecular weight is 247 g/mol. The zero-order valence-corrected chi connectivity index (χ0v) is 11.1. The molecule has 1 fully saturated rings. The lowest BCUT2D eigenvalue weighted by atomic mass is 9.99. The number of nitrogens with one attached hydrogen (secondary N) is 1. The van der Waals surface area contributed by atoms with E-state index in [0.717, 1.165) is 18.9 Å². The number of anilines is 2. The molecule has 1 saturated heterocycles. The number of hydrogen-bond acceptors (Lipinski definition) is 5. The van der Waals surface area contributed by atoms with Crippen molar-refractivity contribution in [3.05, 3.63) is 11.9 Å². The van der Waals surface area contributed by atoms with Crippen molar-refractivity contribution in [2.24, 2.45) is 5.92 Å². The zero-order chi connectivity index (χ0) is 13.1. The molecule has 0 radical (unpaired) electrons. The summed E-state index contributed by atoms with van der Waals surface area (Å²) in [7, 11) is 0. The Hall–Kier alpha value is -1.65. The van der Waals surface area contributed by atoms with Gasteiger partial charge in [-0.2, -0.15) is 0 Å². The molecule has 0 aliphatic carbocycles. The average Bonchev–Trinajstić information content (AvgIpc) is 2.37. The minimum Gasteiger partial charge on any atom is -0.383 e. The summed E-state index contributed by atoms with van der Waals surface area (Å²) in [6.07, 6.45) is 4.58. The maximum absolute atomic E-state index is 8.04. The van der Waals surface area contributed by atoms with Crippen LogP contribution in [0.25, 0.3) is 0 Å². The molecule has 5 nitrogen and oxygen atoms in total. The highest BCUT2D eigenvalue weighted by atomic mass is 15.2. The summed E-state index contributed by atoms with van der Waals surface area (Å²) in [4.78, 5) is 10.6. The highest BCUT2D eigenvalue weighted by Gasteiger charge is 2.22. The maximum atomic E-state index is 8.04. The van der Waals surface area contributed by atoms with Crippen molar-refractivity contribution in [1.29, 1.82) is 5.41 Å². The van der Waals surface area contributed by atoms with Gasteiger partial charge in [0, 0.05) is 18.8 Å². The third-order valence-corrected chi connectivity index (χ3v) is 3.47. The molecule has 1 unspecified atom stereocenters. The van der Waals surface area contributed by atoms with Gasteiger partial charge in [0.25, 0.3) is 0 Å². The molecule has 5 heteroatoms. The second kappa shape index (κ2) is 5.33. The van der Waals surface area contributed by atoms with Crippen LogP contribution in [0.15, 0.2) is 6.33 Å². The lowest BCUT2D eigenvalue weighted by Gasteiger charge is -2.33. The van der Waals surface area contributed by atoms with Crippen LogP contribution in [0, 0.1) is 11.3 Å². The van der Waals surface area contributed by atoms with Crippen LogP contribution in [0.1, 0.15) is 38.7 Å². The molecule has 1 aromatic rings. The molecule has 1 aromatic heterocycles. The summed E-state index contributed by atoms with van der Waals surface area (Å²) in [5, 5.41) is 8.04. The van der Waals surface area contributed by atoms with Gasteiger partial charge in [-0.3, -0.25) is 0 Å². The summed E-state index contributed by atoms with van der Waals surface area (Å²) in [6.45, 7) is 6.18. The van der Waals surface area contributed by atoms with Crippen LogP contribution in [-0.2, 0) is 0 Å². The Kier molecular flexibility index (Phi) is 3.79. The number of nitrogen functional groups attached to an aromatic ring is 1. The van der Waals surface area contributed by atoms with Gasteiger partial charge in [0.15, 0.2) is 0 Å². The van der Waals surface area contributed by atoms with Crippen molar-refractivity contribution in [3.63, 3.8) is 0 Å². The molecule has 0 bridgehead atoms. The van der Waals surface area contributed by atoms with Gasteiger partial charge in [0.05, 0.1) is 5.56 Å². The third-order valence-electron chi connectivity index (χ3n) is 3.47. The molecule has 2 rings (SSSR count). The van der Waals surface area contributed by atoms with E-state index in [1.165, 1.54) is 19.2 Å². The normalized spacial score (nSPS) is 19.9. The SMILES string of the molecule is CCC(=N)c1c(N)ncnc1N1CCCC(C)C1. The summed E-state index contributed by atoms with van der Waals surface area (Å²) >= 11 is 0. The highest BCUT2D eigenvalue weighted by molar-refractivity contribution is 6.05. The summed E-state index contributed by atoms with van der Waals surface area (Å²) < 4.78 is 0. The van der Waals surface area contributed by atoms with E-state index in [1.54, 1.807) is 0 Å². The van der Waals surface area contributed by atoms with Crippen molar-refractivity contribution < 1.29 is 0 Å². The van der Waals surface area contributed by atoms with Gasteiger partial charge in [0.2, 0.25) is 0 Å². The van der Waals surface area contributed by atoms with Crippen LogP contribution in [0.2, 0.25) is 0 Å². The lowest BCUT2D eigenvalue weighted by molar-refractivity contribution is 0.444. The second-order valence-electron chi connectivity index (χ2n) is 4.98. The van der Waals surface area contributed by atoms with E-state index < -0.39 is 0 Å². The van der Waals surface area contributed by atoms with Gasteiger partial charge in [-0.05, 0) is 25.2 Å². The smallest absolute Gasteiger partial charge is 0.143 e. The van der Waals surface area contributed by atoms with Gasteiger partial charge in [-0.15, -0.1) is 0 Å². The minimum absolute atomic E-state index is 0.421. The number of nitrogens with zero attached hydrogens (tertiary/aromatic N) is 3. The van der Waals surface area contributed by atoms with E-state index in [2.05, 4.69) is 21.8 Å². The number of hydrogen-bond donors (Lipinski definition) is 2. The topological polar surface area (TPSA) is 78.9 Å². The van der Waals surface area contributed by atoms with Crippen LogP contribution in [0.5, 0.6) is 0 Å². The molecule has 0 spiro atoms. The van der Waals surface area contributed by atoms with E-state index in [4.69, 9.17) is 11.1 Å². The predicted octanol–water partition coefficient (Wildman–Crippen LogP) is 2.07. The van der Waals surface area contributed by atoms with E-state index in [1.807, 2.05) is 6.92 Å². The number of piperidine rings is 1. The first-order valence-corrected chi connectivity index (χ1v) is 6.56. The lowest BCUT2D eigenvalue weighted by Crippen LogP contribution is -2.36. The van der Waals surface area contributed by atoms with Crippen molar-refractivity contribution >= 4 is 17.3 Å². The first-order chi connectivity index (χ1) is 8.63. The highest BCUT2D eigenvalue weighted by Crippen LogP contribution is 2.27. The molecule has 1 aliphatic heterocycles. The first kappa shape index (κ1) is 12.8. The quantitative estimate of drug-likeness (QED) is 0.801. The van der Waals surface area contributed by atoms with Gasteiger partial charge in [-0.25, -0.2) is 9.97 Å². The fourth-order valence-electron chi connectivity index (χ4n) is 2.48. The van der Waals surface area contributed by atoms with Crippen LogP contribution in [0.4, 0.5) is 11.6 Å². The van der Waals surface area contributed by atoms with Crippen LogP contribution >= 0.6 is 0 Å². The number of rotatable bonds is 3. The molecule has 18 heavy (non-hydrogen) atoms. The monoisotopic (exact) mass is 247 g/mol. The standard InChI is InChI=1S/C13H21N5/c1-3-10(14)11-12(15)16-8-17-13(11)18-6-4-5-9(2)7-18/h8-9,14H,3-7H2,1-2H3,(H2,15,16,17).